The van der Waals surface area contributed by atoms with Gasteiger partial charge in [-0.15, -0.1) is 0 Å². The first-order valence-electron chi connectivity index (χ1n) is 3.86. The SMILES string of the molecule is Cc1noc(NC(=O)c2cn[nH]c2)n1. The van der Waals surface area contributed by atoms with E-state index in [9.17, 15) is 4.79 Å². The highest BCUT2D eigenvalue weighted by Gasteiger charge is 2.10. The van der Waals surface area contributed by atoms with Crippen molar-refractivity contribution in [1.82, 2.24) is 20.3 Å². The Morgan fingerprint density at radius 1 is 1.64 bits per heavy atom. The summed E-state index contributed by atoms with van der Waals surface area (Å²) in [6.45, 7) is 1.66. The summed E-state index contributed by atoms with van der Waals surface area (Å²) in [5.41, 5.74) is 0.404. The minimum Gasteiger partial charge on any atom is -0.315 e. The number of hydrogen-bond donors (Lipinski definition) is 2. The molecule has 72 valence electrons. The number of aromatic nitrogens is 4. The topological polar surface area (TPSA) is 96.7 Å². The van der Waals surface area contributed by atoms with Crippen molar-refractivity contribution in [3.8, 4) is 0 Å². The molecule has 0 atom stereocenters. The van der Waals surface area contributed by atoms with E-state index in [4.69, 9.17) is 4.52 Å². The number of aryl methyl sites for hydroxylation is 1. The molecule has 2 rings (SSSR count). The van der Waals surface area contributed by atoms with Crippen LogP contribution in [0.4, 0.5) is 6.01 Å². The second-order valence-corrected chi connectivity index (χ2v) is 2.59. The largest absolute Gasteiger partial charge is 0.328 e. The predicted molar refractivity (Wildman–Crippen MR) is 45.6 cm³/mol. The molecule has 7 heteroatoms. The molecule has 0 radical (unpaired) electrons. The molecule has 0 fully saturated rings. The van der Waals surface area contributed by atoms with Crippen molar-refractivity contribution in [2.45, 2.75) is 6.92 Å². The predicted octanol–water partition coefficient (Wildman–Crippen LogP) is 0.353. The molecule has 0 spiro atoms. The average molecular weight is 193 g/mol. The lowest BCUT2D eigenvalue weighted by atomic mass is 10.3. The number of anilines is 1. The highest BCUT2D eigenvalue weighted by molar-refractivity contribution is 6.02. The molecular weight excluding hydrogens is 186 g/mol. The van der Waals surface area contributed by atoms with E-state index in [-0.39, 0.29) is 11.9 Å². The van der Waals surface area contributed by atoms with Crippen LogP contribution in [0.25, 0.3) is 0 Å². The molecule has 0 saturated carbocycles. The van der Waals surface area contributed by atoms with E-state index in [1.54, 1.807) is 6.92 Å². The van der Waals surface area contributed by atoms with Gasteiger partial charge in [0.05, 0.1) is 11.8 Å². The van der Waals surface area contributed by atoms with Crippen LogP contribution in [0.1, 0.15) is 16.2 Å². The number of nitrogens with one attached hydrogen (secondary N) is 2. The maximum Gasteiger partial charge on any atom is 0.328 e. The van der Waals surface area contributed by atoms with E-state index in [0.29, 0.717) is 11.4 Å². The zero-order valence-electron chi connectivity index (χ0n) is 7.31. The summed E-state index contributed by atoms with van der Waals surface area (Å²) in [4.78, 5) is 15.2. The van der Waals surface area contributed by atoms with E-state index in [2.05, 4.69) is 25.7 Å². The molecule has 0 unspecified atom stereocenters. The van der Waals surface area contributed by atoms with Gasteiger partial charge in [0.2, 0.25) is 0 Å². The van der Waals surface area contributed by atoms with Gasteiger partial charge in [-0.3, -0.25) is 15.2 Å². The van der Waals surface area contributed by atoms with E-state index >= 15 is 0 Å². The summed E-state index contributed by atoms with van der Waals surface area (Å²) in [5, 5.41) is 12.1. The number of carbonyl (C=O) groups excluding carboxylic acids is 1. The Labute approximate surface area is 78.5 Å². The Bertz CT molecular complexity index is 433. The molecule has 0 aromatic carbocycles. The number of nitrogens with zero attached hydrogens (tertiary/aromatic N) is 3. The molecule has 14 heavy (non-hydrogen) atoms. The molecule has 7 nitrogen and oxygen atoms in total. The summed E-state index contributed by atoms with van der Waals surface area (Å²) >= 11 is 0. The van der Waals surface area contributed by atoms with Gasteiger partial charge in [-0.2, -0.15) is 10.1 Å². The fourth-order valence-corrected chi connectivity index (χ4v) is 0.892. The van der Waals surface area contributed by atoms with E-state index in [1.807, 2.05) is 0 Å². The summed E-state index contributed by atoms with van der Waals surface area (Å²) in [6, 6.07) is 0.0775. The Hall–Kier alpha value is -2.18. The third kappa shape index (κ3) is 1.60. The standard InChI is InChI=1S/C7H7N5O2/c1-4-10-7(14-12-4)11-6(13)5-2-8-9-3-5/h2-3H,1H3,(H,8,9)(H,10,11,12,13). The Morgan fingerprint density at radius 3 is 3.07 bits per heavy atom. The second-order valence-electron chi connectivity index (χ2n) is 2.59. The zero-order valence-corrected chi connectivity index (χ0v) is 7.31. The summed E-state index contributed by atoms with van der Waals surface area (Å²) in [6.07, 6.45) is 2.87. The van der Waals surface area contributed by atoms with Crippen LogP contribution in [-0.2, 0) is 0 Å². The minimum atomic E-state index is -0.345. The third-order valence-corrected chi connectivity index (χ3v) is 1.51. The first kappa shape index (κ1) is 8.42. The van der Waals surface area contributed by atoms with E-state index < -0.39 is 0 Å². The number of aromatic amines is 1. The molecule has 0 saturated heterocycles. The van der Waals surface area contributed by atoms with Crippen LogP contribution < -0.4 is 5.32 Å². The monoisotopic (exact) mass is 193 g/mol. The van der Waals surface area contributed by atoms with Gasteiger partial charge in [-0.05, 0) is 6.92 Å². The number of rotatable bonds is 2. The van der Waals surface area contributed by atoms with Crippen molar-refractivity contribution in [3.63, 3.8) is 0 Å². The number of carbonyl (C=O) groups is 1. The molecule has 1 amide bonds. The fourth-order valence-electron chi connectivity index (χ4n) is 0.892. The van der Waals surface area contributed by atoms with E-state index in [1.165, 1.54) is 12.4 Å². The lowest BCUT2D eigenvalue weighted by Crippen LogP contribution is -2.11. The first-order valence-corrected chi connectivity index (χ1v) is 3.86. The van der Waals surface area contributed by atoms with Gasteiger partial charge in [0.1, 0.15) is 0 Å². The summed E-state index contributed by atoms with van der Waals surface area (Å²) in [7, 11) is 0. The average Bonchev–Trinajstić information content (AvgIpc) is 2.75. The van der Waals surface area contributed by atoms with Crippen LogP contribution in [0.2, 0.25) is 0 Å². The van der Waals surface area contributed by atoms with Gasteiger partial charge in [0, 0.05) is 6.20 Å². The van der Waals surface area contributed by atoms with Crippen LogP contribution >= 0.6 is 0 Å². The third-order valence-electron chi connectivity index (χ3n) is 1.51. The van der Waals surface area contributed by atoms with Crippen molar-refractivity contribution >= 4 is 11.9 Å². The van der Waals surface area contributed by atoms with Crippen molar-refractivity contribution in [3.05, 3.63) is 23.8 Å². The molecule has 2 heterocycles. The van der Waals surface area contributed by atoms with Gasteiger partial charge < -0.3 is 4.52 Å². The van der Waals surface area contributed by atoms with Gasteiger partial charge in [0.25, 0.3) is 5.91 Å². The van der Waals surface area contributed by atoms with Crippen molar-refractivity contribution < 1.29 is 9.32 Å². The van der Waals surface area contributed by atoms with Crippen molar-refractivity contribution in [1.29, 1.82) is 0 Å². The highest BCUT2D eigenvalue weighted by atomic mass is 16.5. The molecule has 0 aliphatic carbocycles. The van der Waals surface area contributed by atoms with Gasteiger partial charge in [-0.25, -0.2) is 0 Å². The Morgan fingerprint density at radius 2 is 2.50 bits per heavy atom. The van der Waals surface area contributed by atoms with Crippen molar-refractivity contribution in [2.75, 3.05) is 5.32 Å². The summed E-state index contributed by atoms with van der Waals surface area (Å²) < 4.78 is 4.71. The Kier molecular flexibility index (Phi) is 1.98. The quantitative estimate of drug-likeness (QED) is 0.717. The van der Waals surface area contributed by atoms with Crippen molar-refractivity contribution in [2.24, 2.45) is 0 Å². The number of hydrogen-bond acceptors (Lipinski definition) is 5. The second kappa shape index (κ2) is 3.29. The molecular formula is C7H7N5O2. The molecule has 0 bridgehead atoms. The fraction of sp³-hybridized carbons (Fsp3) is 0.143. The highest BCUT2D eigenvalue weighted by Crippen LogP contribution is 2.04. The summed E-state index contributed by atoms with van der Waals surface area (Å²) in [5.74, 6) is 0.120. The maximum absolute atomic E-state index is 11.4. The van der Waals surface area contributed by atoms with Gasteiger partial charge in [-0.1, -0.05) is 5.16 Å². The molecule has 0 aliphatic heterocycles. The molecule has 2 aromatic rings. The lowest BCUT2D eigenvalue weighted by molar-refractivity contribution is 0.102. The van der Waals surface area contributed by atoms with Crippen LogP contribution in [0.5, 0.6) is 0 Å². The van der Waals surface area contributed by atoms with E-state index in [0.717, 1.165) is 0 Å². The zero-order chi connectivity index (χ0) is 9.97. The normalized spacial score (nSPS) is 10.1. The molecule has 0 aliphatic rings. The molecule has 2 aromatic heterocycles. The maximum atomic E-state index is 11.4. The molecule has 2 N–H and O–H groups in total. The smallest absolute Gasteiger partial charge is 0.315 e. The van der Waals surface area contributed by atoms with Crippen LogP contribution in [0.3, 0.4) is 0 Å². The lowest BCUT2D eigenvalue weighted by Gasteiger charge is -1.94. The minimum absolute atomic E-state index is 0.0775. The first-order chi connectivity index (χ1) is 6.75. The number of H-pyrrole nitrogens is 1. The van der Waals surface area contributed by atoms with Gasteiger partial charge >= 0.3 is 6.01 Å². The Balaban J connectivity index is 2.09. The van der Waals surface area contributed by atoms with Crippen LogP contribution in [0.15, 0.2) is 16.9 Å². The van der Waals surface area contributed by atoms with Gasteiger partial charge in [0.15, 0.2) is 5.82 Å². The van der Waals surface area contributed by atoms with Crippen LogP contribution in [0, 0.1) is 6.92 Å². The van der Waals surface area contributed by atoms with Crippen LogP contribution in [-0.4, -0.2) is 26.2 Å². The number of amides is 1.